The van der Waals surface area contributed by atoms with Crippen LogP contribution in [0, 0.1) is 17.7 Å². The number of ether oxygens (including phenoxy) is 1. The number of rotatable bonds is 5. The van der Waals surface area contributed by atoms with Crippen molar-refractivity contribution in [2.45, 2.75) is 25.0 Å². The molecule has 2 aromatic rings. The number of hydrogen-bond donors (Lipinski definition) is 2. The molecule has 3 saturated heterocycles. The van der Waals surface area contributed by atoms with Gasteiger partial charge in [0.1, 0.15) is 5.82 Å². The van der Waals surface area contributed by atoms with Gasteiger partial charge in [0.2, 0.25) is 11.8 Å². The highest BCUT2D eigenvalue weighted by atomic mass is 19.1. The lowest BCUT2D eigenvalue weighted by Gasteiger charge is -2.39. The smallest absolute Gasteiger partial charge is 0.247 e. The van der Waals surface area contributed by atoms with Crippen molar-refractivity contribution >= 4 is 23.2 Å². The van der Waals surface area contributed by atoms with Gasteiger partial charge in [0.15, 0.2) is 0 Å². The minimum atomic E-state index is -0.476. The van der Waals surface area contributed by atoms with E-state index in [0.717, 1.165) is 25.1 Å². The molecule has 5 rings (SSSR count). The summed E-state index contributed by atoms with van der Waals surface area (Å²) in [6, 6.07) is 14.9. The van der Waals surface area contributed by atoms with E-state index in [2.05, 4.69) is 15.6 Å². The van der Waals surface area contributed by atoms with E-state index in [0.29, 0.717) is 25.3 Å². The molecule has 0 spiro atoms. The summed E-state index contributed by atoms with van der Waals surface area (Å²) in [5.41, 5.74) is 4.45. The summed E-state index contributed by atoms with van der Waals surface area (Å²) < 4.78 is 19.4. The van der Waals surface area contributed by atoms with Gasteiger partial charge >= 0.3 is 0 Å². The maximum atomic E-state index is 13.6. The van der Waals surface area contributed by atoms with Gasteiger partial charge in [0, 0.05) is 31.9 Å². The Balaban J connectivity index is 1.39. The second kappa shape index (κ2) is 8.97. The molecule has 4 unspecified atom stereocenters. The Morgan fingerprint density at radius 3 is 2.75 bits per heavy atom. The molecule has 0 saturated carbocycles. The molecule has 0 aliphatic carbocycles. The average molecular weight is 439 g/mol. The van der Waals surface area contributed by atoms with E-state index in [1.165, 1.54) is 12.1 Å². The first-order valence-electron chi connectivity index (χ1n) is 11.1. The zero-order valence-electron chi connectivity index (χ0n) is 17.7. The molecule has 2 amide bonds. The summed E-state index contributed by atoms with van der Waals surface area (Å²) >= 11 is 0. The molecule has 0 aromatic heterocycles. The Bertz CT molecular complexity index is 982. The van der Waals surface area contributed by atoms with E-state index < -0.39 is 11.7 Å². The summed E-state index contributed by atoms with van der Waals surface area (Å²) in [5.74, 6) is -1.50. The topological polar surface area (TPSA) is 73.9 Å². The van der Waals surface area contributed by atoms with Crippen LogP contribution in [0.1, 0.15) is 12.8 Å². The van der Waals surface area contributed by atoms with Gasteiger partial charge in [-0.25, -0.2) is 14.8 Å². The third-order valence-electron chi connectivity index (χ3n) is 6.52. The second-order valence-corrected chi connectivity index (χ2v) is 8.73. The zero-order valence-corrected chi connectivity index (χ0v) is 17.7. The zero-order chi connectivity index (χ0) is 22.1. The lowest BCUT2D eigenvalue weighted by molar-refractivity contribution is -0.126. The number of hydrogen-bond acceptors (Lipinski definition) is 5. The molecule has 3 heterocycles. The molecule has 168 valence electrons. The van der Waals surface area contributed by atoms with Gasteiger partial charge < -0.3 is 10.1 Å². The molecular formula is C24H27FN4O3. The molecule has 4 atom stereocenters. The standard InChI is InChI=1S/C24H27FN4O3/c25-16-6-4-7-17(12-16)26-23(30)20-14-28(13-19-10-5-11-32-19)15-21-22(20)27-29(24(21)31)18-8-2-1-3-9-18/h1-4,6-9,12,19-22,27H,5,10-11,13-15H2,(H,26,30). The van der Waals surface area contributed by atoms with Crippen LogP contribution >= 0.6 is 0 Å². The number of carbonyl (C=O) groups is 2. The molecule has 2 N–H and O–H groups in total. The van der Waals surface area contributed by atoms with Crippen molar-refractivity contribution in [1.29, 1.82) is 0 Å². The van der Waals surface area contributed by atoms with Crippen molar-refractivity contribution in [2.24, 2.45) is 11.8 Å². The maximum absolute atomic E-state index is 13.6. The van der Waals surface area contributed by atoms with E-state index >= 15 is 0 Å². The Morgan fingerprint density at radius 2 is 2.00 bits per heavy atom. The quantitative estimate of drug-likeness (QED) is 0.750. The van der Waals surface area contributed by atoms with Crippen LogP contribution in [0.25, 0.3) is 0 Å². The third-order valence-corrected chi connectivity index (χ3v) is 6.52. The number of carbonyl (C=O) groups excluding carboxylic acids is 2. The fraction of sp³-hybridized carbons (Fsp3) is 0.417. The van der Waals surface area contributed by atoms with Crippen molar-refractivity contribution in [3.63, 3.8) is 0 Å². The number of amides is 2. The highest BCUT2D eigenvalue weighted by molar-refractivity contribution is 6.00. The van der Waals surface area contributed by atoms with Gasteiger partial charge in [-0.2, -0.15) is 0 Å². The maximum Gasteiger partial charge on any atom is 0.247 e. The van der Waals surface area contributed by atoms with Crippen LogP contribution in [0.3, 0.4) is 0 Å². The minimum absolute atomic E-state index is 0.0400. The van der Waals surface area contributed by atoms with Crippen LogP contribution in [-0.4, -0.2) is 55.1 Å². The van der Waals surface area contributed by atoms with E-state index in [9.17, 15) is 14.0 Å². The number of anilines is 2. The Kier molecular flexibility index (Phi) is 5.91. The number of fused-ring (bicyclic) bond motifs is 1. The van der Waals surface area contributed by atoms with Crippen LogP contribution < -0.4 is 15.8 Å². The first-order valence-corrected chi connectivity index (χ1v) is 11.1. The molecule has 3 fully saturated rings. The van der Waals surface area contributed by atoms with Gasteiger partial charge in [0.25, 0.3) is 0 Å². The first kappa shape index (κ1) is 21.1. The monoisotopic (exact) mass is 438 g/mol. The fourth-order valence-corrected chi connectivity index (χ4v) is 4.98. The van der Waals surface area contributed by atoms with Crippen molar-refractivity contribution in [3.8, 4) is 0 Å². The summed E-state index contributed by atoms with van der Waals surface area (Å²) in [6.45, 7) is 2.54. The molecular weight excluding hydrogens is 411 g/mol. The molecule has 2 aromatic carbocycles. The number of nitrogens with one attached hydrogen (secondary N) is 2. The lowest BCUT2D eigenvalue weighted by atomic mass is 9.83. The summed E-state index contributed by atoms with van der Waals surface area (Å²) in [6.07, 6.45) is 2.16. The van der Waals surface area contributed by atoms with Crippen LogP contribution in [-0.2, 0) is 14.3 Å². The van der Waals surface area contributed by atoms with Gasteiger partial charge in [-0.1, -0.05) is 24.3 Å². The van der Waals surface area contributed by atoms with Crippen LogP contribution in [0.4, 0.5) is 15.8 Å². The number of halogens is 1. The third kappa shape index (κ3) is 4.26. The Morgan fingerprint density at radius 1 is 1.16 bits per heavy atom. The van der Waals surface area contributed by atoms with Crippen molar-refractivity contribution in [1.82, 2.24) is 10.3 Å². The van der Waals surface area contributed by atoms with Crippen molar-refractivity contribution in [2.75, 3.05) is 36.6 Å². The molecule has 3 aliphatic rings. The number of hydrazine groups is 1. The van der Waals surface area contributed by atoms with Gasteiger partial charge in [-0.15, -0.1) is 0 Å². The second-order valence-electron chi connectivity index (χ2n) is 8.73. The number of piperidine rings is 1. The summed E-state index contributed by atoms with van der Waals surface area (Å²) in [7, 11) is 0. The predicted octanol–water partition coefficient (Wildman–Crippen LogP) is 2.41. The molecule has 3 aliphatic heterocycles. The summed E-state index contributed by atoms with van der Waals surface area (Å²) in [5, 5.41) is 4.40. The highest BCUT2D eigenvalue weighted by Gasteiger charge is 2.51. The molecule has 32 heavy (non-hydrogen) atoms. The van der Waals surface area contributed by atoms with Gasteiger partial charge in [-0.3, -0.25) is 14.5 Å². The van der Waals surface area contributed by atoms with Crippen LogP contribution in [0.15, 0.2) is 54.6 Å². The van der Waals surface area contributed by atoms with E-state index in [1.54, 1.807) is 17.1 Å². The number of nitrogens with zero attached hydrogens (tertiary/aromatic N) is 2. The number of para-hydroxylation sites is 1. The molecule has 0 radical (unpaired) electrons. The molecule has 7 nitrogen and oxygen atoms in total. The van der Waals surface area contributed by atoms with Gasteiger partial charge in [-0.05, 0) is 43.2 Å². The fourth-order valence-electron chi connectivity index (χ4n) is 4.98. The lowest BCUT2D eigenvalue weighted by Crippen LogP contribution is -2.57. The normalized spacial score (nSPS) is 28.0. The van der Waals surface area contributed by atoms with Crippen LogP contribution in [0.2, 0.25) is 0 Å². The average Bonchev–Trinajstić information content (AvgIpc) is 3.42. The SMILES string of the molecule is O=C(Nc1cccc(F)c1)C1CN(CC2CCCO2)CC2C(=O)N(c3ccccc3)NC12. The first-order chi connectivity index (χ1) is 15.6. The minimum Gasteiger partial charge on any atom is -0.377 e. The molecule has 8 heteroatoms. The highest BCUT2D eigenvalue weighted by Crippen LogP contribution is 2.33. The van der Waals surface area contributed by atoms with Crippen molar-refractivity contribution in [3.05, 3.63) is 60.4 Å². The largest absolute Gasteiger partial charge is 0.377 e. The van der Waals surface area contributed by atoms with E-state index in [-0.39, 0.29) is 29.9 Å². The van der Waals surface area contributed by atoms with E-state index in [1.807, 2.05) is 30.3 Å². The van der Waals surface area contributed by atoms with Crippen LogP contribution in [0.5, 0.6) is 0 Å². The van der Waals surface area contributed by atoms with E-state index in [4.69, 9.17) is 4.74 Å². The predicted molar refractivity (Wildman–Crippen MR) is 118 cm³/mol. The molecule has 0 bridgehead atoms. The number of benzene rings is 2. The number of likely N-dealkylation sites (tertiary alicyclic amines) is 1. The van der Waals surface area contributed by atoms with Crippen molar-refractivity contribution < 1.29 is 18.7 Å². The summed E-state index contributed by atoms with van der Waals surface area (Å²) in [4.78, 5) is 28.8. The Labute approximate surface area is 186 Å². The Hall–Kier alpha value is -2.81. The van der Waals surface area contributed by atoms with Gasteiger partial charge in [0.05, 0.1) is 29.7 Å².